The number of ketones is 3. The second-order valence-electron chi connectivity index (χ2n) is 4.53. The number of halogens is 1. The summed E-state index contributed by atoms with van der Waals surface area (Å²) in [5.74, 6) is -2.85. The van der Waals surface area contributed by atoms with Gasteiger partial charge in [0.25, 0.3) is 0 Å². The Hall–Kier alpha value is -0.670. The van der Waals surface area contributed by atoms with Crippen molar-refractivity contribution in [3.05, 3.63) is 0 Å². The molecule has 1 rings (SSSR count). The van der Waals surface area contributed by atoms with Crippen LogP contribution in [0.4, 0.5) is 0 Å². The van der Waals surface area contributed by atoms with E-state index in [1.807, 2.05) is 0 Å². The van der Waals surface area contributed by atoms with Crippen molar-refractivity contribution < 1.29 is 34.4 Å². The highest BCUT2D eigenvalue weighted by molar-refractivity contribution is 9.10. The molecule has 1 fully saturated rings. The lowest BCUT2D eigenvalue weighted by Crippen LogP contribution is -2.70. The number of hydrogen-bond donors (Lipinski definition) is 3. The summed E-state index contributed by atoms with van der Waals surface area (Å²) in [6.45, 7) is 2.00. The molecule has 0 radical (unpaired) electrons. The van der Waals surface area contributed by atoms with Gasteiger partial charge < -0.3 is 20.1 Å². The molecule has 0 aromatic heterocycles. The van der Waals surface area contributed by atoms with E-state index in [1.54, 1.807) is 0 Å². The Labute approximate surface area is 117 Å². The summed E-state index contributed by atoms with van der Waals surface area (Å²) in [5, 5.41) is 30.1. The Bertz CT molecular complexity index is 450. The minimum atomic E-state index is -2.83. The van der Waals surface area contributed by atoms with Crippen molar-refractivity contribution in [2.45, 2.75) is 42.6 Å². The van der Waals surface area contributed by atoms with Gasteiger partial charge in [-0.2, -0.15) is 0 Å². The second-order valence-corrected chi connectivity index (χ2v) is 5.65. The largest absolute Gasteiger partial charge is 0.394 e. The molecule has 1 unspecified atom stereocenters. The van der Waals surface area contributed by atoms with E-state index in [4.69, 9.17) is 4.74 Å². The minimum Gasteiger partial charge on any atom is -0.394 e. The van der Waals surface area contributed by atoms with Gasteiger partial charge >= 0.3 is 0 Å². The van der Waals surface area contributed by atoms with Gasteiger partial charge in [-0.05, 0) is 36.7 Å². The highest BCUT2D eigenvalue weighted by Gasteiger charge is 2.78. The minimum absolute atomic E-state index is 0.819. The van der Waals surface area contributed by atoms with E-state index in [2.05, 4.69) is 15.9 Å². The molecule has 0 saturated carbocycles. The molecule has 0 aromatic rings. The van der Waals surface area contributed by atoms with Crippen molar-refractivity contribution in [1.82, 2.24) is 0 Å². The molecule has 0 aliphatic carbocycles. The number of rotatable bonds is 4. The van der Waals surface area contributed by atoms with E-state index in [1.165, 1.54) is 0 Å². The van der Waals surface area contributed by atoms with Gasteiger partial charge in [0.1, 0.15) is 6.10 Å². The zero-order chi connectivity index (χ0) is 15.2. The first kappa shape index (κ1) is 16.4. The lowest BCUT2D eigenvalue weighted by Gasteiger charge is -2.39. The molecule has 0 amide bonds. The highest BCUT2D eigenvalue weighted by Crippen LogP contribution is 2.51. The molecular formula is C11H15BrO7. The van der Waals surface area contributed by atoms with Crippen LogP contribution < -0.4 is 0 Å². The summed E-state index contributed by atoms with van der Waals surface area (Å²) >= 11 is 2.79. The summed E-state index contributed by atoms with van der Waals surface area (Å²) in [6, 6.07) is 0. The fourth-order valence-electron chi connectivity index (χ4n) is 2.33. The fraction of sp³-hybridized carbons (Fsp3) is 0.727. The Balaban J connectivity index is 3.66. The fourth-order valence-corrected chi connectivity index (χ4v) is 3.14. The number of carbonyl (C=O) groups is 3. The molecule has 0 aromatic carbocycles. The molecule has 1 aliphatic rings. The number of aliphatic hydroxyl groups is 3. The highest BCUT2D eigenvalue weighted by atomic mass is 79.9. The first-order valence-corrected chi connectivity index (χ1v) is 6.24. The summed E-state index contributed by atoms with van der Waals surface area (Å²) in [5.41, 5.74) is -5.55. The zero-order valence-corrected chi connectivity index (χ0v) is 12.2. The average Bonchev–Trinajstić information content (AvgIpc) is 2.50. The van der Waals surface area contributed by atoms with Gasteiger partial charge in [0.2, 0.25) is 10.1 Å². The van der Waals surface area contributed by atoms with Crippen molar-refractivity contribution in [3.63, 3.8) is 0 Å². The van der Waals surface area contributed by atoms with Gasteiger partial charge in [-0.25, -0.2) is 0 Å². The van der Waals surface area contributed by atoms with Crippen LogP contribution in [0.2, 0.25) is 0 Å². The van der Waals surface area contributed by atoms with Crippen molar-refractivity contribution in [3.8, 4) is 0 Å². The Morgan fingerprint density at radius 2 is 1.58 bits per heavy atom. The van der Waals surface area contributed by atoms with Crippen LogP contribution in [0.5, 0.6) is 0 Å². The molecule has 0 bridgehead atoms. The first-order valence-electron chi connectivity index (χ1n) is 5.45. The number of hydrogen-bond acceptors (Lipinski definition) is 7. The van der Waals surface area contributed by atoms with Gasteiger partial charge in [-0.15, -0.1) is 0 Å². The molecule has 1 heterocycles. The Morgan fingerprint density at radius 3 is 1.84 bits per heavy atom. The van der Waals surface area contributed by atoms with E-state index in [9.17, 15) is 29.7 Å². The van der Waals surface area contributed by atoms with Crippen LogP contribution in [0.3, 0.4) is 0 Å². The van der Waals surface area contributed by atoms with E-state index in [0.717, 1.165) is 20.8 Å². The number of ether oxygens (including phenoxy) is 1. The van der Waals surface area contributed by atoms with E-state index < -0.39 is 45.8 Å². The zero-order valence-electron chi connectivity index (χ0n) is 10.6. The topological polar surface area (TPSA) is 121 Å². The molecule has 3 N–H and O–H groups in total. The monoisotopic (exact) mass is 338 g/mol. The van der Waals surface area contributed by atoms with E-state index in [-0.39, 0.29) is 0 Å². The molecule has 0 spiro atoms. The first-order chi connectivity index (χ1) is 8.50. The van der Waals surface area contributed by atoms with E-state index >= 15 is 0 Å². The van der Waals surface area contributed by atoms with Gasteiger partial charge in [-0.3, -0.25) is 14.4 Å². The summed E-state index contributed by atoms with van der Waals surface area (Å²) < 4.78 is 2.80. The quantitative estimate of drug-likeness (QED) is 0.544. The summed E-state index contributed by atoms with van der Waals surface area (Å²) in [7, 11) is 0. The molecule has 1 saturated heterocycles. The predicted octanol–water partition coefficient (Wildman–Crippen LogP) is -1.30. The van der Waals surface area contributed by atoms with Crippen LogP contribution >= 0.6 is 15.9 Å². The lowest BCUT2D eigenvalue weighted by atomic mass is 9.72. The Morgan fingerprint density at radius 1 is 1.11 bits per heavy atom. The maximum atomic E-state index is 11.8. The third kappa shape index (κ3) is 1.74. The maximum Gasteiger partial charge on any atom is 0.220 e. The average molecular weight is 339 g/mol. The summed E-state index contributed by atoms with van der Waals surface area (Å²) in [6.07, 6.45) is -1.61. The standard InChI is InChI=1S/C11H15BrO7/c1-5(14)9(17)8(4-13)19-11(12,7(3)16)10(9,18)6(2)15/h8,13,17-18H,4H2,1-3H3/t8-,9-,10-,11?/m1/s1. The number of carbonyl (C=O) groups excluding carboxylic acids is 3. The molecule has 1 aliphatic heterocycles. The molecule has 8 heteroatoms. The number of aliphatic hydroxyl groups excluding tert-OH is 1. The van der Waals surface area contributed by atoms with Crippen LogP contribution in [0.1, 0.15) is 20.8 Å². The van der Waals surface area contributed by atoms with Crippen molar-refractivity contribution in [2.75, 3.05) is 6.61 Å². The predicted molar refractivity (Wildman–Crippen MR) is 65.6 cm³/mol. The second kappa shape index (κ2) is 4.71. The number of alkyl halides is 1. The van der Waals surface area contributed by atoms with Crippen LogP contribution in [-0.2, 0) is 19.1 Å². The van der Waals surface area contributed by atoms with E-state index in [0.29, 0.717) is 0 Å². The molecule has 7 nitrogen and oxygen atoms in total. The maximum absolute atomic E-state index is 11.8. The lowest BCUT2D eigenvalue weighted by molar-refractivity contribution is -0.180. The number of Topliss-reactive ketones (excluding diaryl/α,β-unsaturated/α-hetero) is 3. The van der Waals surface area contributed by atoms with Crippen LogP contribution in [0, 0.1) is 0 Å². The molecule has 4 atom stereocenters. The third-order valence-electron chi connectivity index (χ3n) is 3.45. The smallest absolute Gasteiger partial charge is 0.220 e. The van der Waals surface area contributed by atoms with Gasteiger partial charge in [0.15, 0.2) is 23.0 Å². The molecule has 19 heavy (non-hydrogen) atoms. The van der Waals surface area contributed by atoms with Crippen molar-refractivity contribution in [1.29, 1.82) is 0 Å². The third-order valence-corrected chi connectivity index (χ3v) is 4.77. The van der Waals surface area contributed by atoms with Crippen LogP contribution in [-0.4, -0.2) is 61.1 Å². The van der Waals surface area contributed by atoms with Crippen molar-refractivity contribution >= 4 is 33.3 Å². The van der Waals surface area contributed by atoms with Gasteiger partial charge in [-0.1, -0.05) is 0 Å². The normalized spacial score (nSPS) is 42.2. The Kier molecular flexibility index (Phi) is 4.06. The summed E-state index contributed by atoms with van der Waals surface area (Å²) in [4.78, 5) is 35.1. The molecule has 108 valence electrons. The van der Waals surface area contributed by atoms with Crippen molar-refractivity contribution in [2.24, 2.45) is 0 Å². The van der Waals surface area contributed by atoms with Gasteiger partial charge in [0, 0.05) is 0 Å². The SMILES string of the molecule is CC(=O)C1(Br)O[C@H](CO)[C@](O)(C(C)=O)[C@]1(O)C(C)=O. The van der Waals surface area contributed by atoms with Gasteiger partial charge in [0.05, 0.1) is 6.61 Å². The van der Waals surface area contributed by atoms with Crippen LogP contribution in [0.25, 0.3) is 0 Å². The molecular weight excluding hydrogens is 324 g/mol. The van der Waals surface area contributed by atoms with Crippen LogP contribution in [0.15, 0.2) is 0 Å².